The number of nitrogens with one attached hydrogen (secondary N) is 1. The largest absolute Gasteiger partial charge is 0.317 e. The molecule has 0 amide bonds. The molecule has 20 heavy (non-hydrogen) atoms. The minimum absolute atomic E-state index is 0.107. The lowest BCUT2D eigenvalue weighted by Crippen LogP contribution is -2.32. The van der Waals surface area contributed by atoms with Crippen molar-refractivity contribution in [1.82, 2.24) is 10.2 Å². The Morgan fingerprint density at radius 1 is 1.45 bits per heavy atom. The number of nitrogens with zero attached hydrogens (tertiary/aromatic N) is 2. The Morgan fingerprint density at radius 2 is 2.25 bits per heavy atom. The van der Waals surface area contributed by atoms with E-state index in [2.05, 4.69) is 10.2 Å². The van der Waals surface area contributed by atoms with Gasteiger partial charge < -0.3 is 5.32 Å². The third kappa shape index (κ3) is 3.69. The Morgan fingerprint density at radius 3 is 3.00 bits per heavy atom. The van der Waals surface area contributed by atoms with Gasteiger partial charge in [-0.15, -0.1) is 0 Å². The molecular weight excluding hydrogens is 278 g/mol. The molecular formula is C14H20ClN3O2. The quantitative estimate of drug-likeness (QED) is 0.686. The second kappa shape index (κ2) is 7.02. The maximum absolute atomic E-state index is 11.1. The van der Waals surface area contributed by atoms with Gasteiger partial charge in [0.25, 0.3) is 5.69 Å². The average Bonchev–Trinajstić information content (AvgIpc) is 2.69. The zero-order chi connectivity index (χ0) is 14.5. The van der Waals surface area contributed by atoms with Crippen molar-refractivity contribution in [1.29, 1.82) is 0 Å². The molecule has 0 aliphatic carbocycles. The first-order valence-electron chi connectivity index (χ1n) is 6.92. The number of hydrogen-bond acceptors (Lipinski definition) is 4. The molecule has 1 aromatic carbocycles. The van der Waals surface area contributed by atoms with Crippen LogP contribution in [0, 0.1) is 10.1 Å². The Bertz CT molecular complexity index is 473. The van der Waals surface area contributed by atoms with Gasteiger partial charge in [-0.05, 0) is 45.5 Å². The molecule has 0 aromatic heterocycles. The zero-order valence-corrected chi connectivity index (χ0v) is 12.4. The van der Waals surface area contributed by atoms with Gasteiger partial charge in [-0.3, -0.25) is 15.0 Å². The van der Waals surface area contributed by atoms with E-state index in [1.54, 1.807) is 12.1 Å². The molecule has 0 bridgehead atoms. The first kappa shape index (κ1) is 15.2. The molecule has 1 aromatic rings. The summed E-state index contributed by atoms with van der Waals surface area (Å²) in [7, 11) is 2.02. The third-order valence-electron chi connectivity index (χ3n) is 3.87. The molecule has 0 saturated carbocycles. The summed E-state index contributed by atoms with van der Waals surface area (Å²) < 4.78 is 0. The van der Waals surface area contributed by atoms with Gasteiger partial charge in [-0.2, -0.15) is 0 Å². The van der Waals surface area contributed by atoms with Crippen molar-refractivity contribution in [2.45, 2.75) is 31.8 Å². The second-order valence-corrected chi connectivity index (χ2v) is 5.65. The van der Waals surface area contributed by atoms with Crippen LogP contribution in [-0.4, -0.2) is 36.0 Å². The molecule has 1 saturated heterocycles. The van der Waals surface area contributed by atoms with Crippen LogP contribution >= 0.6 is 11.6 Å². The predicted octanol–water partition coefficient (Wildman–Crippen LogP) is 2.82. The van der Waals surface area contributed by atoms with Crippen LogP contribution in [0.3, 0.4) is 0 Å². The highest BCUT2D eigenvalue weighted by Crippen LogP contribution is 2.28. The maximum Gasteiger partial charge on any atom is 0.275 e. The van der Waals surface area contributed by atoms with E-state index in [1.807, 2.05) is 7.05 Å². The highest BCUT2D eigenvalue weighted by atomic mass is 35.5. The third-order valence-corrected chi connectivity index (χ3v) is 4.22. The second-order valence-electron chi connectivity index (χ2n) is 5.24. The van der Waals surface area contributed by atoms with E-state index in [-0.39, 0.29) is 10.6 Å². The van der Waals surface area contributed by atoms with Crippen LogP contribution in [0.2, 0.25) is 5.02 Å². The van der Waals surface area contributed by atoms with E-state index >= 15 is 0 Å². The predicted molar refractivity (Wildman–Crippen MR) is 80.1 cm³/mol. The van der Waals surface area contributed by atoms with Gasteiger partial charge in [0.2, 0.25) is 0 Å². The van der Waals surface area contributed by atoms with Crippen LogP contribution in [-0.2, 0) is 6.54 Å². The highest BCUT2D eigenvalue weighted by Gasteiger charge is 2.22. The van der Waals surface area contributed by atoms with Crippen molar-refractivity contribution in [3.63, 3.8) is 0 Å². The molecule has 1 N–H and O–H groups in total. The summed E-state index contributed by atoms with van der Waals surface area (Å²) in [4.78, 5) is 12.9. The van der Waals surface area contributed by atoms with Crippen LogP contribution in [0.25, 0.3) is 0 Å². The first-order chi connectivity index (χ1) is 9.59. The minimum atomic E-state index is -0.357. The van der Waals surface area contributed by atoms with Crippen molar-refractivity contribution in [2.75, 3.05) is 20.1 Å². The number of nitro groups is 1. The standard InChI is InChI=1S/C14H20ClN3O2/c1-17(11-4-3-8-16-9-7-11)10-12-13(15)5-2-6-14(12)18(19)20/h2,5-6,11,16H,3-4,7-10H2,1H3. The van der Waals surface area contributed by atoms with Crippen LogP contribution in [0.15, 0.2) is 18.2 Å². The van der Waals surface area contributed by atoms with Crippen LogP contribution in [0.4, 0.5) is 5.69 Å². The molecule has 2 rings (SSSR count). The van der Waals surface area contributed by atoms with Crippen LogP contribution in [0.5, 0.6) is 0 Å². The minimum Gasteiger partial charge on any atom is -0.317 e. The van der Waals surface area contributed by atoms with Crippen molar-refractivity contribution in [3.8, 4) is 0 Å². The fourth-order valence-corrected chi connectivity index (χ4v) is 2.92. The highest BCUT2D eigenvalue weighted by molar-refractivity contribution is 6.31. The summed E-state index contributed by atoms with van der Waals surface area (Å²) in [6, 6.07) is 5.30. The van der Waals surface area contributed by atoms with Crippen molar-refractivity contribution in [3.05, 3.63) is 38.9 Å². The molecule has 1 atom stereocenters. The summed E-state index contributed by atoms with van der Waals surface area (Å²) in [6.07, 6.45) is 3.32. The fourth-order valence-electron chi connectivity index (χ4n) is 2.69. The molecule has 1 heterocycles. The van der Waals surface area contributed by atoms with Crippen molar-refractivity contribution >= 4 is 17.3 Å². The first-order valence-corrected chi connectivity index (χ1v) is 7.30. The fraction of sp³-hybridized carbons (Fsp3) is 0.571. The summed E-state index contributed by atoms with van der Waals surface area (Å²) in [5.74, 6) is 0. The molecule has 1 aliphatic heterocycles. The Hall–Kier alpha value is -1.17. The van der Waals surface area contributed by atoms with E-state index in [0.29, 0.717) is 23.2 Å². The van der Waals surface area contributed by atoms with E-state index in [0.717, 1.165) is 32.4 Å². The van der Waals surface area contributed by atoms with E-state index < -0.39 is 0 Å². The molecule has 0 spiro atoms. The molecule has 110 valence electrons. The monoisotopic (exact) mass is 297 g/mol. The lowest BCUT2D eigenvalue weighted by atomic mass is 10.1. The zero-order valence-electron chi connectivity index (χ0n) is 11.6. The lowest BCUT2D eigenvalue weighted by molar-refractivity contribution is -0.385. The number of nitro benzene ring substituents is 1. The van der Waals surface area contributed by atoms with Crippen LogP contribution < -0.4 is 5.32 Å². The smallest absolute Gasteiger partial charge is 0.275 e. The van der Waals surface area contributed by atoms with Crippen molar-refractivity contribution in [2.24, 2.45) is 0 Å². The van der Waals surface area contributed by atoms with Gasteiger partial charge in [-0.1, -0.05) is 17.7 Å². The normalized spacial score (nSPS) is 19.9. The van der Waals surface area contributed by atoms with Gasteiger partial charge in [0.15, 0.2) is 0 Å². The molecule has 0 radical (unpaired) electrons. The van der Waals surface area contributed by atoms with E-state index in [4.69, 9.17) is 11.6 Å². The van der Waals surface area contributed by atoms with Gasteiger partial charge in [-0.25, -0.2) is 0 Å². The molecule has 1 fully saturated rings. The SMILES string of the molecule is CN(Cc1c(Cl)cccc1[N+](=O)[O-])C1CCCNCC1. The van der Waals surface area contributed by atoms with Crippen LogP contribution in [0.1, 0.15) is 24.8 Å². The summed E-state index contributed by atoms with van der Waals surface area (Å²) in [6.45, 7) is 2.57. The van der Waals surface area contributed by atoms with Gasteiger partial charge in [0.05, 0.1) is 15.5 Å². The van der Waals surface area contributed by atoms with Gasteiger partial charge >= 0.3 is 0 Å². The molecule has 1 unspecified atom stereocenters. The van der Waals surface area contributed by atoms with Gasteiger partial charge in [0, 0.05) is 18.7 Å². The average molecular weight is 298 g/mol. The maximum atomic E-state index is 11.1. The lowest BCUT2D eigenvalue weighted by Gasteiger charge is -2.27. The molecule has 6 heteroatoms. The summed E-state index contributed by atoms with van der Waals surface area (Å²) >= 11 is 6.15. The molecule has 1 aliphatic rings. The topological polar surface area (TPSA) is 58.4 Å². The van der Waals surface area contributed by atoms with Gasteiger partial charge in [0.1, 0.15) is 0 Å². The molecule has 5 nitrogen and oxygen atoms in total. The number of halogens is 1. The number of benzene rings is 1. The Labute approximate surface area is 124 Å². The Kier molecular flexibility index (Phi) is 5.34. The summed E-state index contributed by atoms with van der Waals surface area (Å²) in [5.41, 5.74) is 0.718. The summed E-state index contributed by atoms with van der Waals surface area (Å²) in [5, 5.41) is 15.0. The number of rotatable bonds is 4. The number of hydrogen-bond donors (Lipinski definition) is 1. The Balaban J connectivity index is 2.14. The van der Waals surface area contributed by atoms with Crippen molar-refractivity contribution < 1.29 is 4.92 Å². The van der Waals surface area contributed by atoms with E-state index in [9.17, 15) is 10.1 Å². The van der Waals surface area contributed by atoms with E-state index in [1.165, 1.54) is 6.07 Å².